The van der Waals surface area contributed by atoms with Crippen molar-refractivity contribution >= 4 is 15.9 Å². The van der Waals surface area contributed by atoms with E-state index in [0.717, 1.165) is 0 Å². The van der Waals surface area contributed by atoms with Crippen molar-refractivity contribution < 1.29 is 14.2 Å². The maximum absolute atomic E-state index is 13.6. The molecular formula is C10H13BrFNO2. The molecule has 1 aromatic rings. The van der Waals surface area contributed by atoms with Gasteiger partial charge in [0.2, 0.25) is 0 Å². The van der Waals surface area contributed by atoms with Crippen LogP contribution in [0.4, 0.5) is 4.39 Å². The number of phenolic OH excluding ortho intramolecular Hbond substituents is 1. The average Bonchev–Trinajstić information content (AvgIpc) is 2.23. The first-order valence-corrected chi connectivity index (χ1v) is 5.35. The van der Waals surface area contributed by atoms with Crippen molar-refractivity contribution in [1.82, 2.24) is 0 Å². The second kappa shape index (κ2) is 5.32. The molecule has 15 heavy (non-hydrogen) atoms. The molecule has 0 amide bonds. The van der Waals surface area contributed by atoms with E-state index in [1.165, 1.54) is 7.11 Å². The number of hydrogen-bond acceptors (Lipinski definition) is 3. The number of rotatable bonds is 4. The van der Waals surface area contributed by atoms with Gasteiger partial charge in [0, 0.05) is 10.0 Å². The van der Waals surface area contributed by atoms with Crippen molar-refractivity contribution in [3.63, 3.8) is 0 Å². The van der Waals surface area contributed by atoms with Gasteiger partial charge in [0.25, 0.3) is 0 Å². The number of aromatic hydroxyl groups is 1. The van der Waals surface area contributed by atoms with Gasteiger partial charge in [-0.05, 0) is 25.5 Å². The molecule has 0 fully saturated rings. The molecule has 0 heterocycles. The molecule has 0 aliphatic rings. The maximum atomic E-state index is 13.6. The van der Waals surface area contributed by atoms with E-state index >= 15 is 0 Å². The van der Waals surface area contributed by atoms with Crippen LogP contribution in [0.2, 0.25) is 0 Å². The molecule has 3 nitrogen and oxygen atoms in total. The fraction of sp³-hybridized carbons (Fsp3) is 0.400. The summed E-state index contributed by atoms with van der Waals surface area (Å²) < 4.78 is 19.0. The number of halogens is 2. The quantitative estimate of drug-likeness (QED) is 0.887. The lowest BCUT2D eigenvalue weighted by atomic mass is 10.1. The smallest absolute Gasteiger partial charge is 0.194 e. The van der Waals surface area contributed by atoms with Gasteiger partial charge < -0.3 is 15.6 Å². The van der Waals surface area contributed by atoms with Crippen molar-refractivity contribution in [3.8, 4) is 11.5 Å². The standard InChI is InChI=1S/C10H13BrFNO2/c1-15-8-5-7(11)6(3-2-4-13)9(12)10(8)14/h5,14H,2-4,13H2,1H3. The van der Waals surface area contributed by atoms with Crippen LogP contribution in [-0.2, 0) is 6.42 Å². The van der Waals surface area contributed by atoms with E-state index in [1.807, 2.05) is 0 Å². The zero-order valence-corrected chi connectivity index (χ0v) is 9.97. The summed E-state index contributed by atoms with van der Waals surface area (Å²) in [5.74, 6) is -0.974. The molecule has 0 spiro atoms. The zero-order chi connectivity index (χ0) is 11.4. The Hall–Kier alpha value is -0.810. The van der Waals surface area contributed by atoms with Gasteiger partial charge in [-0.25, -0.2) is 4.39 Å². The summed E-state index contributed by atoms with van der Waals surface area (Å²) in [6.07, 6.45) is 1.15. The van der Waals surface area contributed by atoms with Gasteiger partial charge in [-0.15, -0.1) is 0 Å². The molecule has 0 aliphatic heterocycles. The number of methoxy groups -OCH3 is 1. The highest BCUT2D eigenvalue weighted by molar-refractivity contribution is 9.10. The van der Waals surface area contributed by atoms with E-state index < -0.39 is 11.6 Å². The average molecular weight is 278 g/mol. The molecule has 0 aromatic heterocycles. The van der Waals surface area contributed by atoms with Crippen LogP contribution in [0.5, 0.6) is 11.5 Å². The van der Waals surface area contributed by atoms with Crippen LogP contribution < -0.4 is 10.5 Å². The predicted molar refractivity (Wildman–Crippen MR) is 59.7 cm³/mol. The molecule has 0 unspecified atom stereocenters. The van der Waals surface area contributed by atoms with Gasteiger partial charge in [0.15, 0.2) is 17.3 Å². The highest BCUT2D eigenvalue weighted by Crippen LogP contribution is 2.36. The van der Waals surface area contributed by atoms with Crippen molar-refractivity contribution in [2.45, 2.75) is 12.8 Å². The summed E-state index contributed by atoms with van der Waals surface area (Å²) in [6.45, 7) is 0.485. The van der Waals surface area contributed by atoms with Crippen molar-refractivity contribution in [2.24, 2.45) is 5.73 Å². The predicted octanol–water partition coefficient (Wildman–Crippen LogP) is 2.19. The van der Waals surface area contributed by atoms with Crippen molar-refractivity contribution in [2.75, 3.05) is 13.7 Å². The second-order valence-electron chi connectivity index (χ2n) is 3.09. The molecule has 0 radical (unpaired) electrons. The molecule has 0 saturated heterocycles. The van der Waals surface area contributed by atoms with Gasteiger partial charge in [-0.2, -0.15) is 0 Å². The Bertz CT molecular complexity index is 358. The Morgan fingerprint density at radius 1 is 1.60 bits per heavy atom. The summed E-state index contributed by atoms with van der Waals surface area (Å²) >= 11 is 3.23. The summed E-state index contributed by atoms with van der Waals surface area (Å²) in [5, 5.41) is 9.45. The summed E-state index contributed by atoms with van der Waals surface area (Å²) in [7, 11) is 1.38. The molecule has 0 saturated carbocycles. The Labute approximate surface area is 96.2 Å². The van der Waals surface area contributed by atoms with Crippen LogP contribution in [0.3, 0.4) is 0 Å². The van der Waals surface area contributed by atoms with Gasteiger partial charge in [0.05, 0.1) is 7.11 Å². The number of ether oxygens (including phenoxy) is 1. The second-order valence-corrected chi connectivity index (χ2v) is 3.95. The van der Waals surface area contributed by atoms with Gasteiger partial charge >= 0.3 is 0 Å². The Morgan fingerprint density at radius 3 is 2.80 bits per heavy atom. The van der Waals surface area contributed by atoms with Crippen LogP contribution in [0.25, 0.3) is 0 Å². The lowest BCUT2D eigenvalue weighted by molar-refractivity contribution is 0.355. The maximum Gasteiger partial charge on any atom is 0.194 e. The van der Waals surface area contributed by atoms with Crippen molar-refractivity contribution in [3.05, 3.63) is 21.9 Å². The topological polar surface area (TPSA) is 55.5 Å². The molecular weight excluding hydrogens is 265 g/mol. The third kappa shape index (κ3) is 2.60. The Kier molecular flexibility index (Phi) is 4.35. The Balaban J connectivity index is 3.11. The van der Waals surface area contributed by atoms with Crippen molar-refractivity contribution in [1.29, 1.82) is 0 Å². The zero-order valence-electron chi connectivity index (χ0n) is 8.39. The number of hydrogen-bond donors (Lipinski definition) is 2. The molecule has 5 heteroatoms. The first kappa shape index (κ1) is 12.3. The van der Waals surface area contributed by atoms with Crippen LogP contribution in [0.15, 0.2) is 10.5 Å². The molecule has 0 bridgehead atoms. The normalized spacial score (nSPS) is 10.4. The molecule has 3 N–H and O–H groups in total. The number of nitrogens with two attached hydrogens (primary N) is 1. The highest BCUT2D eigenvalue weighted by atomic mass is 79.9. The van der Waals surface area contributed by atoms with Gasteiger partial charge in [0.1, 0.15) is 0 Å². The number of phenols is 1. The SMILES string of the molecule is COc1cc(Br)c(CCCN)c(F)c1O. The first-order valence-electron chi connectivity index (χ1n) is 4.55. The monoisotopic (exact) mass is 277 g/mol. The third-order valence-electron chi connectivity index (χ3n) is 2.10. The minimum atomic E-state index is -0.644. The van der Waals surface area contributed by atoms with Crippen LogP contribution in [0.1, 0.15) is 12.0 Å². The van der Waals surface area contributed by atoms with Crippen LogP contribution >= 0.6 is 15.9 Å². The minimum absolute atomic E-state index is 0.121. The van der Waals surface area contributed by atoms with E-state index in [0.29, 0.717) is 29.4 Å². The molecule has 84 valence electrons. The fourth-order valence-electron chi connectivity index (χ4n) is 1.29. The first-order chi connectivity index (χ1) is 7.11. The highest BCUT2D eigenvalue weighted by Gasteiger charge is 2.16. The van der Waals surface area contributed by atoms with Gasteiger partial charge in [-0.1, -0.05) is 15.9 Å². The van der Waals surface area contributed by atoms with E-state index in [4.69, 9.17) is 10.5 Å². The van der Waals surface area contributed by atoms with E-state index in [-0.39, 0.29) is 5.75 Å². The third-order valence-corrected chi connectivity index (χ3v) is 2.81. The molecule has 0 aliphatic carbocycles. The summed E-state index contributed by atoms with van der Waals surface area (Å²) in [4.78, 5) is 0. The molecule has 0 atom stereocenters. The van der Waals surface area contributed by atoms with E-state index in [1.54, 1.807) is 6.07 Å². The molecule has 1 rings (SSSR count). The fourth-order valence-corrected chi connectivity index (χ4v) is 1.87. The minimum Gasteiger partial charge on any atom is -0.502 e. The largest absolute Gasteiger partial charge is 0.502 e. The van der Waals surface area contributed by atoms with Gasteiger partial charge in [-0.3, -0.25) is 0 Å². The van der Waals surface area contributed by atoms with E-state index in [2.05, 4.69) is 15.9 Å². The van der Waals surface area contributed by atoms with Crippen LogP contribution in [0, 0.1) is 5.82 Å². The number of benzene rings is 1. The van der Waals surface area contributed by atoms with E-state index in [9.17, 15) is 9.50 Å². The Morgan fingerprint density at radius 2 is 2.27 bits per heavy atom. The molecule has 1 aromatic carbocycles. The summed E-state index contributed by atoms with van der Waals surface area (Å²) in [5.41, 5.74) is 5.78. The van der Waals surface area contributed by atoms with Crippen LogP contribution in [-0.4, -0.2) is 18.8 Å². The lowest BCUT2D eigenvalue weighted by Crippen LogP contribution is -2.03. The lowest BCUT2D eigenvalue weighted by Gasteiger charge is -2.10. The summed E-state index contributed by atoms with van der Waals surface area (Å²) in [6, 6.07) is 1.55.